The second-order valence-electron chi connectivity index (χ2n) is 2.32. The van der Waals surface area contributed by atoms with Crippen molar-refractivity contribution in [2.75, 3.05) is 23.9 Å². The predicted octanol–water partition coefficient (Wildman–Crippen LogP) is 1.64. The van der Waals surface area contributed by atoms with Gasteiger partial charge in [0.05, 0.1) is 12.8 Å². The lowest BCUT2D eigenvalue weighted by Crippen LogP contribution is -2.12. The molecule has 0 aromatic carbocycles. The van der Waals surface area contributed by atoms with Gasteiger partial charge >= 0.3 is 11.9 Å². The fourth-order valence-electron chi connectivity index (χ4n) is 0.653. The minimum atomic E-state index is -0.375. The van der Waals surface area contributed by atoms with Gasteiger partial charge in [0.2, 0.25) is 0 Å². The number of carbonyl (C=O) groups excluding carboxylic acids is 2. The van der Waals surface area contributed by atoms with E-state index in [9.17, 15) is 9.59 Å². The van der Waals surface area contributed by atoms with Gasteiger partial charge in [-0.15, -0.1) is 0 Å². The molecule has 0 spiro atoms. The number of hydrogen-bond acceptors (Lipinski definition) is 4. The van der Waals surface area contributed by atoms with Gasteiger partial charge < -0.3 is 9.47 Å². The second kappa shape index (κ2) is 9.45. The van der Waals surface area contributed by atoms with E-state index >= 15 is 0 Å². The molecule has 0 aliphatic heterocycles. The second-order valence-corrected chi connectivity index (χ2v) is 3.90. The number of halogens is 2. The first-order chi connectivity index (χ1) is 6.70. The van der Waals surface area contributed by atoms with E-state index in [0.717, 1.165) is 0 Å². The van der Waals surface area contributed by atoms with Crippen LogP contribution in [0.2, 0.25) is 0 Å². The molecule has 0 amide bonds. The van der Waals surface area contributed by atoms with Crippen LogP contribution < -0.4 is 0 Å². The molecule has 0 heterocycles. The maximum Gasteiger partial charge on any atom is 0.306 e. The fraction of sp³-hybridized carbons (Fsp3) is 0.750. The molecule has 0 bridgehead atoms. The first kappa shape index (κ1) is 13.9. The van der Waals surface area contributed by atoms with Crippen molar-refractivity contribution < 1.29 is 19.1 Å². The molecule has 82 valence electrons. The Bertz CT molecular complexity index is 164. The molecule has 6 heteroatoms. The van der Waals surface area contributed by atoms with Gasteiger partial charge in [0.25, 0.3) is 0 Å². The molecule has 0 N–H and O–H groups in total. The van der Waals surface area contributed by atoms with Gasteiger partial charge in [-0.05, 0) is 0 Å². The molecule has 0 rings (SSSR count). The fourth-order valence-corrected chi connectivity index (χ4v) is 0.977. The lowest BCUT2D eigenvalue weighted by molar-refractivity contribution is -0.149. The van der Waals surface area contributed by atoms with Crippen LogP contribution in [0.5, 0.6) is 0 Å². The Hall–Kier alpha value is -0.100. The van der Waals surface area contributed by atoms with Crippen LogP contribution >= 0.6 is 31.9 Å². The quantitative estimate of drug-likeness (QED) is 0.525. The summed E-state index contributed by atoms with van der Waals surface area (Å²) in [5.41, 5.74) is 0. The molecular formula is C8H12Br2O4. The largest absolute Gasteiger partial charge is 0.465 e. The van der Waals surface area contributed by atoms with E-state index in [-0.39, 0.29) is 24.8 Å². The van der Waals surface area contributed by atoms with E-state index < -0.39 is 0 Å². The van der Waals surface area contributed by atoms with Crippen LogP contribution in [0.25, 0.3) is 0 Å². The zero-order valence-corrected chi connectivity index (χ0v) is 10.8. The molecule has 0 unspecified atom stereocenters. The summed E-state index contributed by atoms with van der Waals surface area (Å²) in [4.78, 5) is 21.8. The zero-order chi connectivity index (χ0) is 10.8. The Morgan fingerprint density at radius 1 is 0.857 bits per heavy atom. The molecule has 0 radical (unpaired) electrons. The summed E-state index contributed by atoms with van der Waals surface area (Å²) in [6, 6.07) is 0. The van der Waals surface area contributed by atoms with Crippen molar-refractivity contribution >= 4 is 43.8 Å². The Balaban J connectivity index is 3.41. The maximum absolute atomic E-state index is 10.9. The minimum Gasteiger partial charge on any atom is -0.465 e. The number of ether oxygens (including phenoxy) is 2. The highest BCUT2D eigenvalue weighted by molar-refractivity contribution is 9.09. The average molecular weight is 332 g/mol. The van der Waals surface area contributed by atoms with Gasteiger partial charge in [-0.2, -0.15) is 0 Å². The van der Waals surface area contributed by atoms with E-state index in [2.05, 4.69) is 31.9 Å². The van der Waals surface area contributed by atoms with Gasteiger partial charge in [0.1, 0.15) is 13.2 Å². The van der Waals surface area contributed by atoms with Crippen molar-refractivity contribution in [3.63, 3.8) is 0 Å². The van der Waals surface area contributed by atoms with Crippen molar-refractivity contribution in [3.8, 4) is 0 Å². The standard InChI is InChI=1S/C8H12Br2O4/c9-3-5-13-7(11)1-2-8(12)14-6-4-10/h1-6H2. The third kappa shape index (κ3) is 8.50. The van der Waals surface area contributed by atoms with Crippen LogP contribution in [-0.4, -0.2) is 35.8 Å². The molecule has 0 aliphatic carbocycles. The van der Waals surface area contributed by atoms with Crippen molar-refractivity contribution in [3.05, 3.63) is 0 Å². The highest BCUT2D eigenvalue weighted by Crippen LogP contribution is 1.97. The van der Waals surface area contributed by atoms with Crippen molar-refractivity contribution in [1.29, 1.82) is 0 Å². The van der Waals surface area contributed by atoms with Crippen LogP contribution in [0.4, 0.5) is 0 Å². The Kier molecular flexibility index (Phi) is 9.39. The highest BCUT2D eigenvalue weighted by Gasteiger charge is 2.08. The van der Waals surface area contributed by atoms with Crippen molar-refractivity contribution in [1.82, 2.24) is 0 Å². The third-order valence-electron chi connectivity index (χ3n) is 1.21. The minimum absolute atomic E-state index is 0.0775. The van der Waals surface area contributed by atoms with Crippen LogP contribution in [-0.2, 0) is 19.1 Å². The Labute approximate surface area is 99.6 Å². The summed E-state index contributed by atoms with van der Waals surface area (Å²) in [5.74, 6) is -0.750. The molecule has 0 aliphatic rings. The predicted molar refractivity (Wildman–Crippen MR) is 58.7 cm³/mol. The highest BCUT2D eigenvalue weighted by atomic mass is 79.9. The van der Waals surface area contributed by atoms with E-state index in [4.69, 9.17) is 9.47 Å². The number of hydrogen-bond donors (Lipinski definition) is 0. The molecule has 0 fully saturated rings. The van der Waals surface area contributed by atoms with Crippen molar-refractivity contribution in [2.45, 2.75) is 12.8 Å². The smallest absolute Gasteiger partial charge is 0.306 e. The first-order valence-corrected chi connectivity index (χ1v) is 6.38. The van der Waals surface area contributed by atoms with Gasteiger partial charge in [0, 0.05) is 10.7 Å². The number of alkyl halides is 2. The van der Waals surface area contributed by atoms with Gasteiger partial charge in [-0.1, -0.05) is 31.9 Å². The number of esters is 2. The van der Waals surface area contributed by atoms with E-state index in [1.165, 1.54) is 0 Å². The van der Waals surface area contributed by atoms with Crippen LogP contribution in [0.15, 0.2) is 0 Å². The van der Waals surface area contributed by atoms with Crippen LogP contribution in [0.1, 0.15) is 12.8 Å². The number of rotatable bonds is 7. The molecule has 0 saturated heterocycles. The van der Waals surface area contributed by atoms with Crippen LogP contribution in [0.3, 0.4) is 0 Å². The van der Waals surface area contributed by atoms with Crippen molar-refractivity contribution in [2.24, 2.45) is 0 Å². The molecule has 4 nitrogen and oxygen atoms in total. The van der Waals surface area contributed by atoms with Gasteiger partial charge in [-0.3, -0.25) is 9.59 Å². The monoisotopic (exact) mass is 330 g/mol. The zero-order valence-electron chi connectivity index (χ0n) is 7.63. The van der Waals surface area contributed by atoms with Gasteiger partial charge in [-0.25, -0.2) is 0 Å². The number of carbonyl (C=O) groups is 2. The first-order valence-electron chi connectivity index (χ1n) is 4.14. The summed E-state index contributed by atoms with van der Waals surface area (Å²) in [6.45, 7) is 0.657. The molecule has 0 aromatic rings. The normalized spacial score (nSPS) is 9.57. The lowest BCUT2D eigenvalue weighted by Gasteiger charge is -2.03. The summed E-state index contributed by atoms with van der Waals surface area (Å²) in [5, 5.41) is 1.21. The molecule has 0 atom stereocenters. The van der Waals surface area contributed by atoms with E-state index in [0.29, 0.717) is 23.9 Å². The molecular weight excluding hydrogens is 320 g/mol. The third-order valence-corrected chi connectivity index (χ3v) is 1.86. The molecule has 0 aromatic heterocycles. The topological polar surface area (TPSA) is 52.6 Å². The van der Waals surface area contributed by atoms with E-state index in [1.807, 2.05) is 0 Å². The maximum atomic E-state index is 10.9. The molecule has 14 heavy (non-hydrogen) atoms. The summed E-state index contributed by atoms with van der Waals surface area (Å²) >= 11 is 6.24. The summed E-state index contributed by atoms with van der Waals surface area (Å²) in [7, 11) is 0. The van der Waals surface area contributed by atoms with Gasteiger partial charge in [0.15, 0.2) is 0 Å². The summed E-state index contributed by atoms with van der Waals surface area (Å²) < 4.78 is 9.49. The lowest BCUT2D eigenvalue weighted by atomic mass is 10.3. The average Bonchev–Trinajstić information content (AvgIpc) is 2.20. The van der Waals surface area contributed by atoms with Crippen LogP contribution in [0, 0.1) is 0 Å². The summed E-state index contributed by atoms with van der Waals surface area (Å²) in [6.07, 6.45) is 0.155. The Morgan fingerprint density at radius 3 is 1.50 bits per heavy atom. The molecule has 0 saturated carbocycles. The van der Waals surface area contributed by atoms with E-state index in [1.54, 1.807) is 0 Å². The Morgan fingerprint density at radius 2 is 1.21 bits per heavy atom. The SMILES string of the molecule is O=C(CCC(=O)OCCBr)OCCBr.